The smallest absolute Gasteiger partial charge is 0.261 e. The van der Waals surface area contributed by atoms with Crippen molar-refractivity contribution < 1.29 is 13.2 Å². The molecule has 1 saturated heterocycles. The maximum atomic E-state index is 12.5. The molecule has 0 N–H and O–H groups in total. The van der Waals surface area contributed by atoms with Crippen molar-refractivity contribution in [2.45, 2.75) is 12.5 Å². The number of rotatable bonds is 2. The van der Waals surface area contributed by atoms with Crippen LogP contribution in [0.1, 0.15) is 12.5 Å². The van der Waals surface area contributed by atoms with Gasteiger partial charge in [-0.05, 0) is 18.6 Å². The summed E-state index contributed by atoms with van der Waals surface area (Å²) in [5.41, 5.74) is 0.271. The van der Waals surface area contributed by atoms with Gasteiger partial charge >= 0.3 is 0 Å². The third-order valence-corrected chi connectivity index (χ3v) is 5.35. The van der Waals surface area contributed by atoms with E-state index in [1.807, 2.05) is 0 Å². The van der Waals surface area contributed by atoms with Crippen molar-refractivity contribution >= 4 is 20.7 Å². The first kappa shape index (κ1) is 13.1. The number of aromatic nitrogens is 2. The highest BCUT2D eigenvalue weighted by Crippen LogP contribution is 2.24. The van der Waals surface area contributed by atoms with E-state index in [-0.39, 0.29) is 23.1 Å². The zero-order valence-corrected chi connectivity index (χ0v) is 11.8. The largest absolute Gasteiger partial charge is 0.494 e. The Labute approximate surface area is 115 Å². The fourth-order valence-electron chi connectivity index (χ4n) is 2.56. The van der Waals surface area contributed by atoms with Crippen molar-refractivity contribution in [1.82, 2.24) is 9.55 Å². The topological polar surface area (TPSA) is 78.3 Å². The zero-order chi connectivity index (χ0) is 14.3. The summed E-state index contributed by atoms with van der Waals surface area (Å²) in [5.74, 6) is 0.662. The van der Waals surface area contributed by atoms with Crippen molar-refractivity contribution in [3.05, 3.63) is 34.9 Å². The van der Waals surface area contributed by atoms with E-state index < -0.39 is 9.84 Å². The van der Waals surface area contributed by atoms with Gasteiger partial charge in [-0.3, -0.25) is 9.36 Å². The maximum Gasteiger partial charge on any atom is 0.261 e. The number of benzene rings is 1. The van der Waals surface area contributed by atoms with Crippen LogP contribution < -0.4 is 10.3 Å². The van der Waals surface area contributed by atoms with E-state index in [1.165, 1.54) is 18.0 Å². The molecule has 2 heterocycles. The average molecular weight is 294 g/mol. The molecule has 1 atom stereocenters. The van der Waals surface area contributed by atoms with Gasteiger partial charge in [-0.25, -0.2) is 13.4 Å². The van der Waals surface area contributed by atoms with Crippen LogP contribution in [0, 0.1) is 0 Å². The second kappa shape index (κ2) is 4.59. The molecule has 2 aromatic rings. The average Bonchev–Trinajstić information content (AvgIpc) is 2.79. The van der Waals surface area contributed by atoms with Crippen molar-refractivity contribution in [2.24, 2.45) is 0 Å². The highest BCUT2D eigenvalue weighted by atomic mass is 32.2. The molecule has 0 unspecified atom stereocenters. The second-order valence-corrected chi connectivity index (χ2v) is 7.10. The number of sulfone groups is 1. The lowest BCUT2D eigenvalue weighted by Crippen LogP contribution is -2.26. The Bertz CT molecular complexity index is 826. The standard InChI is InChI=1S/C13H14N2O4S/c1-19-11-4-2-3-10-12(11)14-8-15(13(10)16)9-5-6-20(17,18)7-9/h2-4,8-9H,5-7H2,1H3/t9-/m1/s1. The molecule has 0 amide bonds. The van der Waals surface area contributed by atoms with E-state index in [0.717, 1.165) is 0 Å². The van der Waals surface area contributed by atoms with Gasteiger partial charge in [0.1, 0.15) is 11.3 Å². The molecule has 20 heavy (non-hydrogen) atoms. The fourth-order valence-corrected chi connectivity index (χ4v) is 4.27. The molecule has 0 radical (unpaired) electrons. The summed E-state index contributed by atoms with van der Waals surface area (Å²) >= 11 is 0. The van der Waals surface area contributed by atoms with Gasteiger partial charge in [0.15, 0.2) is 9.84 Å². The third kappa shape index (κ3) is 2.07. The minimum Gasteiger partial charge on any atom is -0.494 e. The molecule has 6 nitrogen and oxygen atoms in total. The number of fused-ring (bicyclic) bond motifs is 1. The summed E-state index contributed by atoms with van der Waals surface area (Å²) < 4.78 is 29.7. The van der Waals surface area contributed by atoms with E-state index in [1.54, 1.807) is 18.2 Å². The molecule has 0 spiro atoms. The summed E-state index contributed by atoms with van der Waals surface area (Å²) in [6, 6.07) is 4.81. The summed E-state index contributed by atoms with van der Waals surface area (Å²) in [6.07, 6.45) is 1.87. The molecular weight excluding hydrogens is 280 g/mol. The second-order valence-electron chi connectivity index (χ2n) is 4.87. The lowest BCUT2D eigenvalue weighted by Gasteiger charge is -2.13. The molecular formula is C13H14N2O4S. The predicted octanol–water partition coefficient (Wildman–Crippen LogP) is 0.765. The van der Waals surface area contributed by atoms with Gasteiger partial charge in [0.25, 0.3) is 5.56 Å². The number of para-hydroxylation sites is 1. The first-order chi connectivity index (χ1) is 9.52. The van der Waals surface area contributed by atoms with E-state index in [0.29, 0.717) is 23.1 Å². The minimum absolute atomic E-state index is 0.00403. The predicted molar refractivity (Wildman–Crippen MR) is 74.9 cm³/mol. The van der Waals surface area contributed by atoms with Crippen molar-refractivity contribution in [3.63, 3.8) is 0 Å². The number of hydrogen-bond donors (Lipinski definition) is 0. The van der Waals surface area contributed by atoms with Crippen molar-refractivity contribution in [3.8, 4) is 5.75 Å². The lowest BCUT2D eigenvalue weighted by molar-refractivity contribution is 0.418. The molecule has 7 heteroatoms. The number of methoxy groups -OCH3 is 1. The molecule has 3 rings (SSSR count). The summed E-state index contributed by atoms with van der Waals surface area (Å²) in [7, 11) is -1.52. The molecule has 1 aromatic heterocycles. The molecule has 1 fully saturated rings. The minimum atomic E-state index is -3.04. The van der Waals surface area contributed by atoms with Gasteiger partial charge in [0.2, 0.25) is 0 Å². The Hall–Kier alpha value is -1.89. The SMILES string of the molecule is COc1cccc2c(=O)n([C@@H]3CCS(=O)(=O)C3)cnc12. The van der Waals surface area contributed by atoms with Crippen LogP contribution in [0.3, 0.4) is 0 Å². The lowest BCUT2D eigenvalue weighted by atomic mass is 10.2. The quantitative estimate of drug-likeness (QED) is 0.817. The highest BCUT2D eigenvalue weighted by Gasteiger charge is 2.30. The van der Waals surface area contributed by atoms with Crippen LogP contribution in [-0.4, -0.2) is 36.6 Å². The Morgan fingerprint density at radius 3 is 2.85 bits per heavy atom. The highest BCUT2D eigenvalue weighted by molar-refractivity contribution is 7.91. The van der Waals surface area contributed by atoms with Gasteiger partial charge in [-0.15, -0.1) is 0 Å². The normalized spacial score (nSPS) is 21.1. The summed E-state index contributed by atoms with van der Waals surface area (Å²) in [6.45, 7) is 0. The molecule has 0 bridgehead atoms. The molecule has 0 saturated carbocycles. The van der Waals surface area contributed by atoms with E-state index in [4.69, 9.17) is 4.74 Å². The van der Waals surface area contributed by atoms with Gasteiger partial charge in [0.05, 0.1) is 36.4 Å². The zero-order valence-electron chi connectivity index (χ0n) is 10.9. The van der Waals surface area contributed by atoms with E-state index in [9.17, 15) is 13.2 Å². The van der Waals surface area contributed by atoms with Crippen LogP contribution in [0.15, 0.2) is 29.3 Å². The maximum absolute atomic E-state index is 12.5. The molecule has 1 aromatic carbocycles. The van der Waals surface area contributed by atoms with E-state index in [2.05, 4.69) is 4.98 Å². The van der Waals surface area contributed by atoms with Gasteiger partial charge < -0.3 is 4.74 Å². The van der Waals surface area contributed by atoms with Crippen LogP contribution in [0.4, 0.5) is 0 Å². The first-order valence-electron chi connectivity index (χ1n) is 6.26. The summed E-state index contributed by atoms with van der Waals surface area (Å²) in [4.78, 5) is 16.7. The number of ether oxygens (including phenoxy) is 1. The number of hydrogen-bond acceptors (Lipinski definition) is 5. The van der Waals surface area contributed by atoms with Gasteiger partial charge in [-0.2, -0.15) is 0 Å². The Morgan fingerprint density at radius 2 is 2.20 bits per heavy atom. The summed E-state index contributed by atoms with van der Waals surface area (Å²) in [5, 5.41) is 0.441. The fraction of sp³-hybridized carbons (Fsp3) is 0.385. The van der Waals surface area contributed by atoms with Gasteiger partial charge in [-0.1, -0.05) is 6.07 Å². The van der Waals surface area contributed by atoms with Crippen LogP contribution in [0.5, 0.6) is 5.75 Å². The van der Waals surface area contributed by atoms with Crippen molar-refractivity contribution in [2.75, 3.05) is 18.6 Å². The van der Waals surface area contributed by atoms with Gasteiger partial charge in [0, 0.05) is 0 Å². The monoisotopic (exact) mass is 294 g/mol. The third-order valence-electron chi connectivity index (χ3n) is 3.60. The first-order valence-corrected chi connectivity index (χ1v) is 8.08. The van der Waals surface area contributed by atoms with Crippen LogP contribution in [-0.2, 0) is 9.84 Å². The molecule has 106 valence electrons. The molecule has 1 aliphatic heterocycles. The Balaban J connectivity index is 2.16. The molecule has 1 aliphatic rings. The Morgan fingerprint density at radius 1 is 1.40 bits per heavy atom. The molecule has 0 aliphatic carbocycles. The van der Waals surface area contributed by atoms with Crippen LogP contribution in [0.25, 0.3) is 10.9 Å². The number of nitrogens with zero attached hydrogens (tertiary/aromatic N) is 2. The van der Waals surface area contributed by atoms with Crippen LogP contribution in [0.2, 0.25) is 0 Å². The van der Waals surface area contributed by atoms with Crippen LogP contribution >= 0.6 is 0 Å². The van der Waals surface area contributed by atoms with E-state index >= 15 is 0 Å². The van der Waals surface area contributed by atoms with Crippen molar-refractivity contribution in [1.29, 1.82) is 0 Å². The Kier molecular flexibility index (Phi) is 3.01.